The van der Waals surface area contributed by atoms with Crippen LogP contribution < -0.4 is 5.32 Å². The van der Waals surface area contributed by atoms with Crippen molar-refractivity contribution in [3.8, 4) is 11.1 Å². The van der Waals surface area contributed by atoms with Crippen LogP contribution in [0.4, 0.5) is 4.79 Å². The van der Waals surface area contributed by atoms with E-state index in [-0.39, 0.29) is 24.9 Å². The summed E-state index contributed by atoms with van der Waals surface area (Å²) in [6.07, 6.45) is 1.52. The summed E-state index contributed by atoms with van der Waals surface area (Å²) >= 11 is 0. The second kappa shape index (κ2) is 9.87. The average Bonchev–Trinajstić information content (AvgIpc) is 3.43. The van der Waals surface area contributed by atoms with Crippen LogP contribution in [0.3, 0.4) is 0 Å². The molecule has 1 heterocycles. The molecule has 1 saturated heterocycles. The Morgan fingerprint density at radius 3 is 2.26 bits per heavy atom. The summed E-state index contributed by atoms with van der Waals surface area (Å²) in [6, 6.07) is 15.9. The third-order valence-corrected chi connectivity index (χ3v) is 7.35. The monoisotopic (exact) mass is 464 g/mol. The van der Waals surface area contributed by atoms with Crippen molar-refractivity contribution in [1.29, 1.82) is 0 Å². The minimum absolute atomic E-state index is 0.0369. The maximum atomic E-state index is 13.0. The number of nitrogens with one attached hydrogen (secondary N) is 1. The number of fused-ring (bicyclic) bond motifs is 3. The molecule has 0 aromatic heterocycles. The van der Waals surface area contributed by atoms with Gasteiger partial charge in [0.2, 0.25) is 5.91 Å². The lowest BCUT2D eigenvalue weighted by atomic mass is 9.92. The molecule has 2 aromatic carbocycles. The summed E-state index contributed by atoms with van der Waals surface area (Å²) in [5.41, 5.74) is 3.45. The molecule has 2 N–H and O–H groups in total. The van der Waals surface area contributed by atoms with Crippen LogP contribution in [0.5, 0.6) is 0 Å². The van der Waals surface area contributed by atoms with Gasteiger partial charge in [0.05, 0.1) is 0 Å². The van der Waals surface area contributed by atoms with Gasteiger partial charge in [0, 0.05) is 24.9 Å². The summed E-state index contributed by atoms with van der Waals surface area (Å²) in [6.45, 7) is 4.32. The molecule has 0 saturated carbocycles. The molecule has 4 rings (SSSR count). The third kappa shape index (κ3) is 4.27. The minimum Gasteiger partial charge on any atom is -0.479 e. The SMILES string of the molecule is CC[C@H](CC(=O)N1CCCC1(CC)C(=O)O)NC(=O)OCC1c2ccccc2-c2ccccc21. The van der Waals surface area contributed by atoms with E-state index < -0.39 is 23.6 Å². The van der Waals surface area contributed by atoms with Gasteiger partial charge in [-0.05, 0) is 47.9 Å². The fraction of sp³-hybridized carbons (Fsp3) is 0.444. The van der Waals surface area contributed by atoms with E-state index in [0.29, 0.717) is 32.2 Å². The lowest BCUT2D eigenvalue weighted by molar-refractivity contribution is -0.157. The molecule has 2 aliphatic rings. The Bertz CT molecular complexity index is 1040. The molecule has 34 heavy (non-hydrogen) atoms. The number of nitrogens with zero attached hydrogens (tertiary/aromatic N) is 1. The number of rotatable bonds is 8. The first-order valence-corrected chi connectivity index (χ1v) is 12.1. The van der Waals surface area contributed by atoms with Crippen LogP contribution in [0, 0.1) is 0 Å². The number of carboxylic acid groups (broad SMARTS) is 1. The van der Waals surface area contributed by atoms with Crippen molar-refractivity contribution in [2.24, 2.45) is 0 Å². The predicted molar refractivity (Wildman–Crippen MR) is 129 cm³/mol. The summed E-state index contributed by atoms with van der Waals surface area (Å²) in [5, 5.41) is 12.6. The second-order valence-corrected chi connectivity index (χ2v) is 9.12. The van der Waals surface area contributed by atoms with Gasteiger partial charge in [0.1, 0.15) is 12.1 Å². The van der Waals surface area contributed by atoms with Gasteiger partial charge in [-0.25, -0.2) is 9.59 Å². The van der Waals surface area contributed by atoms with Crippen LogP contribution in [-0.4, -0.2) is 52.7 Å². The van der Waals surface area contributed by atoms with E-state index in [1.54, 1.807) is 6.92 Å². The van der Waals surface area contributed by atoms with E-state index in [9.17, 15) is 19.5 Å². The zero-order chi connectivity index (χ0) is 24.3. The molecule has 1 aliphatic heterocycles. The Hall–Kier alpha value is -3.35. The first kappa shape index (κ1) is 23.8. The average molecular weight is 465 g/mol. The fourth-order valence-electron chi connectivity index (χ4n) is 5.41. The minimum atomic E-state index is -1.14. The summed E-state index contributed by atoms with van der Waals surface area (Å²) in [5.74, 6) is -1.24. The third-order valence-electron chi connectivity index (χ3n) is 7.35. The number of amides is 2. The Morgan fingerprint density at radius 1 is 1.09 bits per heavy atom. The Morgan fingerprint density at radius 2 is 1.71 bits per heavy atom. The van der Waals surface area contributed by atoms with Crippen LogP contribution in [0.1, 0.15) is 63.0 Å². The number of benzene rings is 2. The van der Waals surface area contributed by atoms with Crippen molar-refractivity contribution < 1.29 is 24.2 Å². The lowest BCUT2D eigenvalue weighted by Crippen LogP contribution is -2.54. The number of hydrogen-bond acceptors (Lipinski definition) is 4. The zero-order valence-electron chi connectivity index (χ0n) is 19.8. The maximum Gasteiger partial charge on any atom is 0.407 e. The lowest BCUT2D eigenvalue weighted by Gasteiger charge is -2.34. The quantitative estimate of drug-likeness (QED) is 0.598. The number of alkyl carbamates (subject to hydrolysis) is 1. The van der Waals surface area contributed by atoms with E-state index >= 15 is 0 Å². The van der Waals surface area contributed by atoms with E-state index in [2.05, 4.69) is 29.6 Å². The molecule has 0 radical (unpaired) electrons. The molecule has 2 atom stereocenters. The predicted octanol–water partition coefficient (Wildman–Crippen LogP) is 4.55. The summed E-state index contributed by atoms with van der Waals surface area (Å²) in [7, 11) is 0. The number of ether oxygens (including phenoxy) is 1. The summed E-state index contributed by atoms with van der Waals surface area (Å²) < 4.78 is 5.61. The van der Waals surface area contributed by atoms with Crippen molar-refractivity contribution in [3.05, 3.63) is 59.7 Å². The van der Waals surface area contributed by atoms with Crippen molar-refractivity contribution in [3.63, 3.8) is 0 Å². The molecular formula is C27H32N2O5. The number of hydrogen-bond donors (Lipinski definition) is 2. The molecule has 7 nitrogen and oxygen atoms in total. The molecule has 7 heteroatoms. The Balaban J connectivity index is 1.37. The molecule has 1 unspecified atom stereocenters. The van der Waals surface area contributed by atoms with Crippen LogP contribution in [-0.2, 0) is 14.3 Å². The molecule has 1 aliphatic carbocycles. The Kier molecular flexibility index (Phi) is 6.91. The molecule has 2 aromatic rings. The van der Waals surface area contributed by atoms with E-state index in [1.165, 1.54) is 4.90 Å². The zero-order valence-corrected chi connectivity index (χ0v) is 19.8. The van der Waals surface area contributed by atoms with Gasteiger partial charge in [-0.1, -0.05) is 62.4 Å². The van der Waals surface area contributed by atoms with Gasteiger partial charge in [0.25, 0.3) is 0 Å². The fourth-order valence-corrected chi connectivity index (χ4v) is 5.41. The molecule has 2 amide bonds. The highest BCUT2D eigenvalue weighted by molar-refractivity contribution is 5.88. The van der Waals surface area contributed by atoms with Crippen LogP contribution in [0.25, 0.3) is 11.1 Å². The van der Waals surface area contributed by atoms with Gasteiger partial charge in [0.15, 0.2) is 0 Å². The van der Waals surface area contributed by atoms with Crippen molar-refractivity contribution in [2.45, 2.75) is 63.5 Å². The molecule has 0 bridgehead atoms. The van der Waals surface area contributed by atoms with Crippen molar-refractivity contribution in [1.82, 2.24) is 10.2 Å². The molecule has 0 spiro atoms. The largest absolute Gasteiger partial charge is 0.479 e. The van der Waals surface area contributed by atoms with Gasteiger partial charge in [-0.3, -0.25) is 4.79 Å². The summed E-state index contributed by atoms with van der Waals surface area (Å²) in [4.78, 5) is 39.0. The van der Waals surface area contributed by atoms with Crippen molar-refractivity contribution in [2.75, 3.05) is 13.2 Å². The van der Waals surface area contributed by atoms with Crippen LogP contribution >= 0.6 is 0 Å². The highest BCUT2D eigenvalue weighted by atomic mass is 16.5. The van der Waals surface area contributed by atoms with E-state index in [0.717, 1.165) is 22.3 Å². The first-order valence-electron chi connectivity index (χ1n) is 12.1. The number of likely N-dealkylation sites (tertiary alicyclic amines) is 1. The molecular weight excluding hydrogens is 432 g/mol. The van der Waals surface area contributed by atoms with Crippen molar-refractivity contribution >= 4 is 18.0 Å². The number of aliphatic carboxylic acids is 1. The number of carboxylic acids is 1. The molecule has 1 fully saturated rings. The smallest absolute Gasteiger partial charge is 0.407 e. The topological polar surface area (TPSA) is 95.9 Å². The van der Waals surface area contributed by atoms with E-state index in [4.69, 9.17) is 4.74 Å². The highest BCUT2D eigenvalue weighted by Gasteiger charge is 2.48. The first-order chi connectivity index (χ1) is 16.4. The number of carbonyl (C=O) groups is 3. The molecule has 180 valence electrons. The van der Waals surface area contributed by atoms with Gasteiger partial charge in [-0.15, -0.1) is 0 Å². The standard InChI is InChI=1S/C27H32N2O5/c1-3-18(16-24(30)29-15-9-14-27(29,4-2)25(31)32)28-26(33)34-17-23-21-12-7-5-10-19(21)20-11-6-8-13-22(20)23/h5-8,10-13,18,23H,3-4,9,14-17H2,1-2H3,(H,28,33)(H,31,32)/t18-,27?/m1/s1. The van der Waals surface area contributed by atoms with Gasteiger partial charge in [-0.2, -0.15) is 0 Å². The second-order valence-electron chi connectivity index (χ2n) is 9.12. The van der Waals surface area contributed by atoms with Crippen LogP contribution in [0.2, 0.25) is 0 Å². The van der Waals surface area contributed by atoms with Crippen LogP contribution in [0.15, 0.2) is 48.5 Å². The van der Waals surface area contributed by atoms with E-state index in [1.807, 2.05) is 31.2 Å². The maximum absolute atomic E-state index is 13.0. The normalized spacial score (nSPS) is 19.9. The van der Waals surface area contributed by atoms with Gasteiger partial charge >= 0.3 is 12.1 Å². The van der Waals surface area contributed by atoms with Gasteiger partial charge < -0.3 is 20.1 Å². The number of carbonyl (C=O) groups excluding carboxylic acids is 2. The highest BCUT2D eigenvalue weighted by Crippen LogP contribution is 2.44. The Labute approximate surface area is 200 Å².